The van der Waals surface area contributed by atoms with Crippen LogP contribution in [-0.2, 0) is 5.41 Å². The Balaban J connectivity index is 2.27. The van der Waals surface area contributed by atoms with Crippen LogP contribution in [0.3, 0.4) is 0 Å². The van der Waals surface area contributed by atoms with Crippen molar-refractivity contribution in [1.82, 2.24) is 9.97 Å². The highest BCUT2D eigenvalue weighted by atomic mass is 15.2. The molecule has 0 aliphatic rings. The van der Waals surface area contributed by atoms with Crippen LogP contribution in [0.25, 0.3) is 11.1 Å². The maximum Gasteiger partial charge on any atom is 0.238 e. The van der Waals surface area contributed by atoms with Gasteiger partial charge in [0.15, 0.2) is 6.19 Å². The number of aromatic nitrogens is 2. The van der Waals surface area contributed by atoms with E-state index in [2.05, 4.69) is 55.0 Å². The highest BCUT2D eigenvalue weighted by Gasteiger charge is 2.13. The maximum absolute atomic E-state index is 8.78. The predicted molar refractivity (Wildman–Crippen MR) is 80.2 cm³/mol. The molecule has 0 amide bonds. The Bertz CT molecular complexity index is 616. The van der Waals surface area contributed by atoms with Crippen LogP contribution >= 0.6 is 0 Å². The lowest BCUT2D eigenvalue weighted by Crippen LogP contribution is -2.11. The Kier molecular flexibility index (Phi) is 3.71. The van der Waals surface area contributed by atoms with Gasteiger partial charge in [0.2, 0.25) is 5.95 Å². The van der Waals surface area contributed by atoms with E-state index in [9.17, 15) is 0 Å². The van der Waals surface area contributed by atoms with Gasteiger partial charge in [0.25, 0.3) is 0 Å². The first-order valence-corrected chi connectivity index (χ1v) is 6.48. The molecule has 2 rings (SSSR count). The SMILES string of the molecule is CN(C#N)c1ncc(-c2ccc(C(C)(C)C)cc2)cn1. The normalized spacial score (nSPS) is 10.9. The van der Waals surface area contributed by atoms with Crippen molar-refractivity contribution in [2.24, 2.45) is 0 Å². The second-order valence-corrected chi connectivity index (χ2v) is 5.76. The molecule has 0 N–H and O–H groups in total. The molecule has 4 heteroatoms. The van der Waals surface area contributed by atoms with Crippen molar-refractivity contribution in [3.63, 3.8) is 0 Å². The summed E-state index contributed by atoms with van der Waals surface area (Å²) in [6.07, 6.45) is 5.45. The second kappa shape index (κ2) is 5.30. The van der Waals surface area contributed by atoms with Crippen molar-refractivity contribution in [3.05, 3.63) is 42.2 Å². The van der Waals surface area contributed by atoms with Gasteiger partial charge in [-0.05, 0) is 16.5 Å². The highest BCUT2D eigenvalue weighted by molar-refractivity contribution is 5.62. The fraction of sp³-hybridized carbons (Fsp3) is 0.312. The standard InChI is InChI=1S/C16H18N4/c1-16(2,3)14-7-5-12(6-8-14)13-9-18-15(19-10-13)20(4)11-17/h5-10H,1-4H3. The summed E-state index contributed by atoms with van der Waals surface area (Å²) < 4.78 is 0. The Morgan fingerprint density at radius 2 is 1.55 bits per heavy atom. The number of benzene rings is 1. The molecule has 1 aromatic carbocycles. The van der Waals surface area contributed by atoms with Gasteiger partial charge in [-0.1, -0.05) is 45.0 Å². The van der Waals surface area contributed by atoms with Crippen LogP contribution < -0.4 is 4.90 Å². The van der Waals surface area contributed by atoms with Crippen molar-refractivity contribution in [1.29, 1.82) is 5.26 Å². The zero-order chi connectivity index (χ0) is 14.8. The molecule has 102 valence electrons. The molecule has 0 fully saturated rings. The number of nitriles is 1. The summed E-state index contributed by atoms with van der Waals surface area (Å²) in [6, 6.07) is 8.41. The quantitative estimate of drug-likeness (QED) is 0.618. The third-order valence-corrected chi connectivity index (χ3v) is 3.17. The molecule has 0 saturated heterocycles. The van der Waals surface area contributed by atoms with Crippen molar-refractivity contribution in [2.45, 2.75) is 26.2 Å². The average Bonchev–Trinajstić information content (AvgIpc) is 2.46. The first-order chi connectivity index (χ1) is 9.41. The van der Waals surface area contributed by atoms with Crippen molar-refractivity contribution in [2.75, 3.05) is 11.9 Å². The summed E-state index contributed by atoms with van der Waals surface area (Å²) in [4.78, 5) is 9.70. The molecule has 0 unspecified atom stereocenters. The lowest BCUT2D eigenvalue weighted by molar-refractivity contribution is 0.590. The van der Waals surface area contributed by atoms with Crippen LogP contribution in [0, 0.1) is 11.5 Å². The van der Waals surface area contributed by atoms with E-state index >= 15 is 0 Å². The Morgan fingerprint density at radius 1 is 1.00 bits per heavy atom. The molecule has 0 atom stereocenters. The van der Waals surface area contributed by atoms with Crippen LogP contribution in [-0.4, -0.2) is 17.0 Å². The molecule has 0 spiro atoms. The lowest BCUT2D eigenvalue weighted by atomic mass is 9.86. The number of rotatable bonds is 2. The summed E-state index contributed by atoms with van der Waals surface area (Å²) in [7, 11) is 1.63. The van der Waals surface area contributed by atoms with Gasteiger partial charge in [-0.15, -0.1) is 0 Å². The fourth-order valence-electron chi connectivity index (χ4n) is 1.85. The number of hydrogen-bond donors (Lipinski definition) is 0. The van der Waals surface area contributed by atoms with Gasteiger partial charge in [0, 0.05) is 25.0 Å². The van der Waals surface area contributed by atoms with Crippen molar-refractivity contribution < 1.29 is 0 Å². The Hall–Kier alpha value is -2.41. The van der Waals surface area contributed by atoms with Gasteiger partial charge in [0.1, 0.15) is 0 Å². The summed E-state index contributed by atoms with van der Waals surface area (Å²) in [5.41, 5.74) is 3.46. The van der Waals surface area contributed by atoms with Gasteiger partial charge in [-0.2, -0.15) is 5.26 Å². The minimum atomic E-state index is 0.147. The van der Waals surface area contributed by atoms with Crippen LogP contribution in [0.1, 0.15) is 26.3 Å². The molecule has 0 aliphatic heterocycles. The zero-order valence-corrected chi connectivity index (χ0v) is 12.3. The summed E-state index contributed by atoms with van der Waals surface area (Å²) in [6.45, 7) is 6.58. The van der Waals surface area contributed by atoms with Gasteiger partial charge in [0.05, 0.1) is 0 Å². The third kappa shape index (κ3) is 2.94. The van der Waals surface area contributed by atoms with Crippen LogP contribution in [0.4, 0.5) is 5.95 Å². The smallest absolute Gasteiger partial charge is 0.238 e. The molecule has 0 radical (unpaired) electrons. The molecule has 20 heavy (non-hydrogen) atoms. The summed E-state index contributed by atoms with van der Waals surface area (Å²) in [5.74, 6) is 0.405. The van der Waals surface area contributed by atoms with E-state index in [1.54, 1.807) is 19.4 Å². The summed E-state index contributed by atoms with van der Waals surface area (Å²) >= 11 is 0. The third-order valence-electron chi connectivity index (χ3n) is 3.17. The molecular formula is C16H18N4. The Labute approximate surface area is 119 Å². The second-order valence-electron chi connectivity index (χ2n) is 5.76. The van der Waals surface area contributed by atoms with E-state index in [0.717, 1.165) is 11.1 Å². The van der Waals surface area contributed by atoms with E-state index in [-0.39, 0.29) is 5.41 Å². The fourth-order valence-corrected chi connectivity index (χ4v) is 1.85. The van der Waals surface area contributed by atoms with Crippen LogP contribution in [0.2, 0.25) is 0 Å². The van der Waals surface area contributed by atoms with Gasteiger partial charge in [-0.25, -0.2) is 9.97 Å². The van der Waals surface area contributed by atoms with Gasteiger partial charge < -0.3 is 0 Å². The molecular weight excluding hydrogens is 248 g/mol. The molecule has 4 nitrogen and oxygen atoms in total. The van der Waals surface area contributed by atoms with E-state index < -0.39 is 0 Å². The van der Waals surface area contributed by atoms with Crippen LogP contribution in [0.5, 0.6) is 0 Å². The van der Waals surface area contributed by atoms with Gasteiger partial charge in [-0.3, -0.25) is 4.90 Å². The molecule has 2 aromatic rings. The predicted octanol–water partition coefficient (Wildman–Crippen LogP) is 3.36. The largest absolute Gasteiger partial charge is 0.250 e. The number of hydrogen-bond acceptors (Lipinski definition) is 4. The molecule has 0 bridgehead atoms. The highest BCUT2D eigenvalue weighted by Crippen LogP contribution is 2.25. The monoisotopic (exact) mass is 266 g/mol. The molecule has 0 saturated carbocycles. The topological polar surface area (TPSA) is 52.8 Å². The van der Waals surface area contributed by atoms with Crippen molar-refractivity contribution in [3.8, 4) is 17.3 Å². The number of anilines is 1. The number of nitrogens with zero attached hydrogens (tertiary/aromatic N) is 4. The zero-order valence-electron chi connectivity index (χ0n) is 12.3. The first kappa shape index (κ1) is 14.0. The minimum absolute atomic E-state index is 0.147. The Morgan fingerprint density at radius 3 is 2.00 bits per heavy atom. The lowest BCUT2D eigenvalue weighted by Gasteiger charge is -2.19. The minimum Gasteiger partial charge on any atom is -0.250 e. The van der Waals surface area contributed by atoms with Gasteiger partial charge >= 0.3 is 0 Å². The maximum atomic E-state index is 8.78. The van der Waals surface area contributed by atoms with Crippen LogP contribution in [0.15, 0.2) is 36.7 Å². The molecule has 0 aliphatic carbocycles. The first-order valence-electron chi connectivity index (χ1n) is 6.48. The van der Waals surface area contributed by atoms with E-state index in [4.69, 9.17) is 5.26 Å². The average molecular weight is 266 g/mol. The summed E-state index contributed by atoms with van der Waals surface area (Å²) in [5, 5.41) is 8.78. The van der Waals surface area contributed by atoms with E-state index in [1.165, 1.54) is 10.5 Å². The molecule has 1 aromatic heterocycles. The van der Waals surface area contributed by atoms with Crippen molar-refractivity contribution >= 4 is 5.95 Å². The molecule has 1 heterocycles. The van der Waals surface area contributed by atoms with E-state index in [0.29, 0.717) is 5.95 Å². The van der Waals surface area contributed by atoms with E-state index in [1.807, 2.05) is 6.19 Å².